The summed E-state index contributed by atoms with van der Waals surface area (Å²) in [6.45, 7) is 0.470. The maximum Gasteiger partial charge on any atom is 0.307 e. The molecule has 166 valence electrons. The molecule has 6 nitrogen and oxygen atoms in total. The Hall–Kier alpha value is -3.58. The third-order valence-electron chi connectivity index (χ3n) is 4.59. The van der Waals surface area contributed by atoms with E-state index in [2.05, 4.69) is 4.72 Å². The number of para-hydroxylation sites is 1. The first-order chi connectivity index (χ1) is 15.4. The zero-order valence-corrected chi connectivity index (χ0v) is 18.3. The van der Waals surface area contributed by atoms with E-state index in [9.17, 15) is 13.2 Å². The van der Waals surface area contributed by atoms with Crippen LogP contribution in [-0.2, 0) is 21.2 Å². The van der Waals surface area contributed by atoms with E-state index in [4.69, 9.17) is 9.84 Å². The number of carboxylic acid groups (broad SMARTS) is 1. The van der Waals surface area contributed by atoms with Crippen molar-refractivity contribution in [1.29, 1.82) is 0 Å². The summed E-state index contributed by atoms with van der Waals surface area (Å²) in [6.07, 6.45) is 5.38. The van der Waals surface area contributed by atoms with Gasteiger partial charge in [0.2, 0.25) is 0 Å². The molecule has 0 aromatic heterocycles. The second-order valence-corrected chi connectivity index (χ2v) is 8.80. The fourth-order valence-electron chi connectivity index (χ4n) is 3.08. The van der Waals surface area contributed by atoms with E-state index in [0.717, 1.165) is 18.4 Å². The largest absolute Gasteiger partial charge is 0.493 e. The molecule has 7 heteroatoms. The van der Waals surface area contributed by atoms with Crippen LogP contribution in [0.4, 0.5) is 5.69 Å². The monoisotopic (exact) mass is 451 g/mol. The number of carbonyl (C=O) groups is 1. The van der Waals surface area contributed by atoms with Gasteiger partial charge in [0, 0.05) is 11.3 Å². The van der Waals surface area contributed by atoms with Crippen molar-refractivity contribution in [2.24, 2.45) is 0 Å². The first-order valence-corrected chi connectivity index (χ1v) is 11.7. The van der Waals surface area contributed by atoms with Crippen LogP contribution in [0.15, 0.2) is 89.8 Å². The molecule has 0 bridgehead atoms. The zero-order valence-electron chi connectivity index (χ0n) is 17.5. The number of allylic oxidation sites excluding steroid dienone is 1. The van der Waals surface area contributed by atoms with Crippen LogP contribution in [0, 0.1) is 0 Å². The maximum atomic E-state index is 12.5. The van der Waals surface area contributed by atoms with E-state index in [1.807, 2.05) is 24.3 Å². The highest BCUT2D eigenvalue weighted by Crippen LogP contribution is 2.20. The van der Waals surface area contributed by atoms with Crippen molar-refractivity contribution >= 4 is 27.8 Å². The van der Waals surface area contributed by atoms with Crippen LogP contribution in [0.25, 0.3) is 6.08 Å². The number of carboxylic acids is 1. The standard InChI is InChI=1S/C25H25NO5S/c27-25(28)19-21-12-6-7-16-24(21)31-17-8-2-3-10-20-11-9-13-22(18-20)26-32(29,30)23-14-4-1-5-15-23/h1,3-7,9-16,18,26H,2,8,17,19H2,(H,27,28)/b10-3+. The molecule has 0 amide bonds. The molecule has 3 aromatic carbocycles. The van der Waals surface area contributed by atoms with Crippen molar-refractivity contribution in [1.82, 2.24) is 0 Å². The molecule has 0 spiro atoms. The summed E-state index contributed by atoms with van der Waals surface area (Å²) in [4.78, 5) is 11.2. The average molecular weight is 452 g/mol. The molecule has 2 N–H and O–H groups in total. The summed E-state index contributed by atoms with van der Waals surface area (Å²) in [5.74, 6) is -0.297. The van der Waals surface area contributed by atoms with Gasteiger partial charge in [0.25, 0.3) is 10.0 Å². The lowest BCUT2D eigenvalue weighted by Crippen LogP contribution is -2.12. The smallest absolute Gasteiger partial charge is 0.307 e. The maximum absolute atomic E-state index is 12.5. The molecule has 0 heterocycles. The van der Waals surface area contributed by atoms with Gasteiger partial charge in [0.1, 0.15) is 5.75 Å². The number of nitrogens with one attached hydrogen (secondary N) is 1. The van der Waals surface area contributed by atoms with E-state index < -0.39 is 16.0 Å². The van der Waals surface area contributed by atoms with Crippen molar-refractivity contribution in [3.05, 3.63) is 96.1 Å². The minimum absolute atomic E-state index is 0.0690. The van der Waals surface area contributed by atoms with Crippen molar-refractivity contribution in [2.45, 2.75) is 24.2 Å². The number of hydrogen-bond donors (Lipinski definition) is 2. The van der Waals surface area contributed by atoms with Crippen molar-refractivity contribution in [3.63, 3.8) is 0 Å². The van der Waals surface area contributed by atoms with E-state index in [0.29, 0.717) is 23.6 Å². The topological polar surface area (TPSA) is 92.7 Å². The summed E-state index contributed by atoms with van der Waals surface area (Å²) in [5.41, 5.74) is 2.03. The number of aliphatic carboxylic acids is 1. The number of anilines is 1. The van der Waals surface area contributed by atoms with Gasteiger partial charge in [0.05, 0.1) is 17.9 Å². The second kappa shape index (κ2) is 11.2. The number of sulfonamides is 1. The molecule has 32 heavy (non-hydrogen) atoms. The lowest BCUT2D eigenvalue weighted by Gasteiger charge is -2.09. The second-order valence-electron chi connectivity index (χ2n) is 7.12. The van der Waals surface area contributed by atoms with Gasteiger partial charge in [-0.3, -0.25) is 9.52 Å². The van der Waals surface area contributed by atoms with Gasteiger partial charge in [-0.05, 0) is 48.7 Å². The molecule has 3 rings (SSSR count). The summed E-state index contributed by atoms with van der Waals surface area (Å²) >= 11 is 0. The highest BCUT2D eigenvalue weighted by Gasteiger charge is 2.13. The molecule has 0 radical (unpaired) electrons. The molecular weight excluding hydrogens is 426 g/mol. The number of ether oxygens (including phenoxy) is 1. The van der Waals surface area contributed by atoms with Gasteiger partial charge < -0.3 is 9.84 Å². The Bertz CT molecular complexity index is 1170. The first kappa shape index (κ1) is 23.1. The van der Waals surface area contributed by atoms with E-state index in [1.54, 1.807) is 66.7 Å². The van der Waals surface area contributed by atoms with Crippen LogP contribution in [-0.4, -0.2) is 26.1 Å². The minimum Gasteiger partial charge on any atom is -0.493 e. The Balaban J connectivity index is 1.50. The van der Waals surface area contributed by atoms with Crippen molar-refractivity contribution < 1.29 is 23.1 Å². The molecule has 0 aliphatic rings. The van der Waals surface area contributed by atoms with Crippen LogP contribution in [0.2, 0.25) is 0 Å². The highest BCUT2D eigenvalue weighted by molar-refractivity contribution is 7.92. The Morgan fingerprint density at radius 1 is 0.969 bits per heavy atom. The molecule has 0 unspecified atom stereocenters. The lowest BCUT2D eigenvalue weighted by molar-refractivity contribution is -0.136. The Kier molecular flexibility index (Phi) is 8.05. The van der Waals surface area contributed by atoms with Gasteiger partial charge in [0.15, 0.2) is 0 Å². The fraction of sp³-hybridized carbons (Fsp3) is 0.160. The molecule has 0 aliphatic carbocycles. The van der Waals surface area contributed by atoms with Gasteiger partial charge >= 0.3 is 5.97 Å². The Labute approximate surface area is 188 Å². The molecular formula is C25H25NO5S. The van der Waals surface area contributed by atoms with E-state index in [1.165, 1.54) is 0 Å². The van der Waals surface area contributed by atoms with E-state index in [-0.39, 0.29) is 11.3 Å². The van der Waals surface area contributed by atoms with Gasteiger partial charge in [-0.15, -0.1) is 0 Å². The molecule has 0 saturated carbocycles. The molecule has 3 aromatic rings. The summed E-state index contributed by atoms with van der Waals surface area (Å²) in [6, 6.07) is 22.5. The predicted molar refractivity (Wildman–Crippen MR) is 125 cm³/mol. The third kappa shape index (κ3) is 6.99. The first-order valence-electron chi connectivity index (χ1n) is 10.2. The molecule has 0 saturated heterocycles. The molecule has 0 aliphatic heterocycles. The van der Waals surface area contributed by atoms with Crippen molar-refractivity contribution in [2.75, 3.05) is 11.3 Å². The van der Waals surface area contributed by atoms with Crippen LogP contribution in [0.5, 0.6) is 5.75 Å². The zero-order chi connectivity index (χ0) is 22.8. The van der Waals surface area contributed by atoms with Gasteiger partial charge in [-0.2, -0.15) is 0 Å². The van der Waals surface area contributed by atoms with Crippen molar-refractivity contribution in [3.8, 4) is 5.75 Å². The van der Waals surface area contributed by atoms with Crippen LogP contribution in [0.3, 0.4) is 0 Å². The van der Waals surface area contributed by atoms with Gasteiger partial charge in [-0.25, -0.2) is 8.42 Å². The van der Waals surface area contributed by atoms with Crippen LogP contribution in [0.1, 0.15) is 24.0 Å². The highest BCUT2D eigenvalue weighted by atomic mass is 32.2. The predicted octanol–water partition coefficient (Wildman–Crippen LogP) is 4.99. The Morgan fingerprint density at radius 3 is 2.50 bits per heavy atom. The van der Waals surface area contributed by atoms with Crippen LogP contribution < -0.4 is 9.46 Å². The van der Waals surface area contributed by atoms with Gasteiger partial charge in [-0.1, -0.05) is 60.7 Å². The molecule has 0 fully saturated rings. The normalized spacial score (nSPS) is 11.4. The summed E-state index contributed by atoms with van der Waals surface area (Å²) < 4.78 is 33.3. The van der Waals surface area contributed by atoms with Crippen LogP contribution >= 0.6 is 0 Å². The lowest BCUT2D eigenvalue weighted by atomic mass is 10.1. The van der Waals surface area contributed by atoms with E-state index >= 15 is 0 Å². The number of hydrogen-bond acceptors (Lipinski definition) is 4. The minimum atomic E-state index is -3.63. The summed E-state index contributed by atoms with van der Waals surface area (Å²) in [7, 11) is -3.63. The fourth-order valence-corrected chi connectivity index (χ4v) is 4.15. The summed E-state index contributed by atoms with van der Waals surface area (Å²) in [5, 5.41) is 8.98. The quantitative estimate of drug-likeness (QED) is 0.401. The average Bonchev–Trinajstić information content (AvgIpc) is 2.77. The Morgan fingerprint density at radius 2 is 1.72 bits per heavy atom. The SMILES string of the molecule is O=C(O)Cc1ccccc1OCCC/C=C/c1cccc(NS(=O)(=O)c2ccccc2)c1. The third-order valence-corrected chi connectivity index (χ3v) is 5.99. The number of unbranched alkanes of at least 4 members (excludes halogenated alkanes) is 1. The number of benzene rings is 3. The number of rotatable bonds is 11. The molecule has 0 atom stereocenters.